The number of hydrogen-bond acceptors (Lipinski definition) is 7. The summed E-state index contributed by atoms with van der Waals surface area (Å²) >= 11 is 0. The number of ether oxygens (including phenoxy) is 2. The molecule has 0 radical (unpaired) electrons. The third kappa shape index (κ3) is 9.19. The molecule has 0 saturated heterocycles. The van der Waals surface area contributed by atoms with E-state index >= 15 is 0 Å². The molecule has 0 aliphatic rings. The first-order valence-electron chi connectivity index (χ1n) is 10.8. The van der Waals surface area contributed by atoms with Gasteiger partial charge in [0.15, 0.2) is 0 Å². The van der Waals surface area contributed by atoms with Crippen LogP contribution in [0.5, 0.6) is 5.75 Å². The van der Waals surface area contributed by atoms with Crippen LogP contribution in [0.2, 0.25) is 0 Å². The summed E-state index contributed by atoms with van der Waals surface area (Å²) in [4.78, 5) is 48.9. The van der Waals surface area contributed by atoms with Crippen LogP contribution in [0.3, 0.4) is 0 Å². The first kappa shape index (κ1) is 26.2. The Kier molecular flexibility index (Phi) is 10.4. The fraction of sp³-hybridized carbons (Fsp3) is 0.333. The molecule has 0 fully saturated rings. The number of benzene rings is 2. The smallest absolute Gasteiger partial charge is 0.408 e. The van der Waals surface area contributed by atoms with Crippen molar-refractivity contribution >= 4 is 23.9 Å². The van der Waals surface area contributed by atoms with Crippen LogP contribution >= 0.6 is 0 Å². The Hall–Kier alpha value is -4.08. The maximum absolute atomic E-state index is 12.9. The molecular formula is C24H29N3O7. The van der Waals surface area contributed by atoms with Gasteiger partial charge in [-0.15, -0.1) is 0 Å². The third-order valence-corrected chi connectivity index (χ3v) is 4.76. The van der Waals surface area contributed by atoms with Crippen LogP contribution in [0.25, 0.3) is 0 Å². The molecule has 0 bridgehead atoms. The number of phenolic OH excluding ortho intramolecular Hbond substituents is 1. The number of amides is 3. The van der Waals surface area contributed by atoms with E-state index in [-0.39, 0.29) is 38.2 Å². The van der Waals surface area contributed by atoms with Gasteiger partial charge in [0.25, 0.3) is 0 Å². The van der Waals surface area contributed by atoms with Crippen molar-refractivity contribution in [3.8, 4) is 5.75 Å². The Morgan fingerprint density at radius 3 is 2.21 bits per heavy atom. The van der Waals surface area contributed by atoms with E-state index in [4.69, 9.17) is 15.2 Å². The number of esters is 1. The summed E-state index contributed by atoms with van der Waals surface area (Å²) in [6, 6.07) is 12.9. The molecule has 10 nitrogen and oxygen atoms in total. The lowest BCUT2D eigenvalue weighted by atomic mass is 10.0. The lowest BCUT2D eigenvalue weighted by molar-refractivity contribution is -0.147. The minimum Gasteiger partial charge on any atom is -0.508 e. The first-order valence-corrected chi connectivity index (χ1v) is 10.8. The van der Waals surface area contributed by atoms with Crippen molar-refractivity contribution in [3.05, 3.63) is 65.7 Å². The average Bonchev–Trinajstić information content (AvgIpc) is 2.82. The van der Waals surface area contributed by atoms with E-state index in [0.29, 0.717) is 5.56 Å². The molecule has 2 rings (SSSR count). The van der Waals surface area contributed by atoms with Crippen molar-refractivity contribution in [1.82, 2.24) is 10.6 Å². The van der Waals surface area contributed by atoms with Crippen molar-refractivity contribution in [2.24, 2.45) is 5.73 Å². The predicted octanol–water partition coefficient (Wildman–Crippen LogP) is 1.54. The van der Waals surface area contributed by atoms with Gasteiger partial charge < -0.3 is 30.9 Å². The molecule has 0 heterocycles. The second-order valence-corrected chi connectivity index (χ2v) is 7.45. The van der Waals surface area contributed by atoms with Gasteiger partial charge >= 0.3 is 12.1 Å². The van der Waals surface area contributed by atoms with Crippen LogP contribution in [0.4, 0.5) is 4.79 Å². The maximum Gasteiger partial charge on any atom is 0.408 e. The van der Waals surface area contributed by atoms with E-state index in [0.717, 1.165) is 5.56 Å². The van der Waals surface area contributed by atoms with Crippen molar-refractivity contribution in [2.75, 3.05) is 6.61 Å². The van der Waals surface area contributed by atoms with Gasteiger partial charge in [0.2, 0.25) is 11.8 Å². The number of carbonyl (C=O) groups is 4. The third-order valence-electron chi connectivity index (χ3n) is 4.76. The van der Waals surface area contributed by atoms with Gasteiger partial charge in [-0.3, -0.25) is 9.59 Å². The van der Waals surface area contributed by atoms with Crippen LogP contribution in [-0.4, -0.2) is 47.7 Å². The van der Waals surface area contributed by atoms with Gasteiger partial charge in [0, 0.05) is 12.8 Å². The summed E-state index contributed by atoms with van der Waals surface area (Å²) in [7, 11) is 0. The van der Waals surface area contributed by atoms with Gasteiger partial charge in [0.1, 0.15) is 24.4 Å². The maximum atomic E-state index is 12.9. The number of carbonyl (C=O) groups excluding carboxylic acids is 4. The van der Waals surface area contributed by atoms with E-state index in [1.807, 2.05) is 6.07 Å². The van der Waals surface area contributed by atoms with Crippen LogP contribution < -0.4 is 16.4 Å². The Bertz CT molecular complexity index is 964. The van der Waals surface area contributed by atoms with Crippen molar-refractivity contribution in [1.29, 1.82) is 0 Å². The van der Waals surface area contributed by atoms with E-state index in [2.05, 4.69) is 10.6 Å². The number of primary amides is 1. The van der Waals surface area contributed by atoms with Crippen molar-refractivity contribution in [2.45, 2.75) is 44.9 Å². The van der Waals surface area contributed by atoms with Gasteiger partial charge in [-0.25, -0.2) is 9.59 Å². The second kappa shape index (κ2) is 13.5. The van der Waals surface area contributed by atoms with Crippen molar-refractivity contribution in [3.63, 3.8) is 0 Å². The van der Waals surface area contributed by atoms with Gasteiger partial charge in [0.05, 0.1) is 6.61 Å². The summed E-state index contributed by atoms with van der Waals surface area (Å²) in [5.74, 6) is -1.95. The van der Waals surface area contributed by atoms with E-state index in [1.165, 1.54) is 12.1 Å². The van der Waals surface area contributed by atoms with Gasteiger partial charge in [-0.05, 0) is 36.6 Å². The highest BCUT2D eigenvalue weighted by Gasteiger charge is 2.28. The molecule has 10 heteroatoms. The molecular weight excluding hydrogens is 442 g/mol. The van der Waals surface area contributed by atoms with Gasteiger partial charge in [-0.2, -0.15) is 0 Å². The van der Waals surface area contributed by atoms with Crippen LogP contribution in [-0.2, 0) is 36.9 Å². The van der Waals surface area contributed by atoms with E-state index < -0.39 is 36.0 Å². The summed E-state index contributed by atoms with van der Waals surface area (Å²) in [5, 5.41) is 14.4. The molecule has 5 N–H and O–H groups in total. The molecule has 0 saturated carbocycles. The van der Waals surface area contributed by atoms with E-state index in [9.17, 15) is 24.3 Å². The molecule has 182 valence electrons. The summed E-state index contributed by atoms with van der Waals surface area (Å²) in [5.41, 5.74) is 6.62. The molecule has 2 aromatic carbocycles. The largest absolute Gasteiger partial charge is 0.508 e. The van der Waals surface area contributed by atoms with Crippen LogP contribution in [0.1, 0.15) is 30.9 Å². The zero-order chi connectivity index (χ0) is 24.9. The fourth-order valence-corrected chi connectivity index (χ4v) is 3.04. The highest BCUT2D eigenvalue weighted by Crippen LogP contribution is 2.12. The minimum absolute atomic E-state index is 0.0108. The Morgan fingerprint density at radius 2 is 1.59 bits per heavy atom. The molecule has 0 aromatic heterocycles. The number of rotatable bonds is 12. The van der Waals surface area contributed by atoms with E-state index in [1.54, 1.807) is 43.3 Å². The highest BCUT2D eigenvalue weighted by atomic mass is 16.5. The zero-order valence-corrected chi connectivity index (χ0v) is 18.9. The lowest BCUT2D eigenvalue weighted by Crippen LogP contribution is -2.52. The fourth-order valence-electron chi connectivity index (χ4n) is 3.04. The Balaban J connectivity index is 2.07. The lowest BCUT2D eigenvalue weighted by Gasteiger charge is -2.22. The monoisotopic (exact) mass is 471 g/mol. The number of nitrogens with one attached hydrogen (secondary N) is 2. The number of alkyl carbamates (subject to hydrolysis) is 1. The topological polar surface area (TPSA) is 157 Å². The molecule has 2 aromatic rings. The first-order chi connectivity index (χ1) is 16.3. The summed E-state index contributed by atoms with van der Waals surface area (Å²) in [6.45, 7) is 1.73. The molecule has 34 heavy (non-hydrogen) atoms. The molecule has 0 aliphatic heterocycles. The second-order valence-electron chi connectivity index (χ2n) is 7.45. The highest BCUT2D eigenvalue weighted by molar-refractivity contribution is 5.90. The predicted molar refractivity (Wildman–Crippen MR) is 122 cm³/mol. The summed E-state index contributed by atoms with van der Waals surface area (Å²) in [6.07, 6.45) is -1.03. The van der Waals surface area contributed by atoms with Crippen LogP contribution in [0.15, 0.2) is 54.6 Å². The van der Waals surface area contributed by atoms with Crippen LogP contribution in [0, 0.1) is 0 Å². The number of phenols is 1. The molecule has 0 spiro atoms. The van der Waals surface area contributed by atoms with Gasteiger partial charge in [-0.1, -0.05) is 42.5 Å². The average molecular weight is 472 g/mol. The molecule has 0 unspecified atom stereocenters. The number of aromatic hydroxyl groups is 1. The van der Waals surface area contributed by atoms with Crippen molar-refractivity contribution < 1.29 is 33.8 Å². The molecule has 2 atom stereocenters. The zero-order valence-electron chi connectivity index (χ0n) is 18.9. The minimum atomic E-state index is -1.17. The number of hydrogen-bond donors (Lipinski definition) is 4. The SMILES string of the molecule is CCOC(=O)[C@H](Cc1ccc(O)cc1)NC(=O)[C@H](CCC(N)=O)NC(=O)OCc1ccccc1. The Morgan fingerprint density at radius 1 is 0.912 bits per heavy atom. The quantitative estimate of drug-likeness (QED) is 0.342. The molecule has 0 aliphatic carbocycles. The molecule has 3 amide bonds. The number of nitrogens with two attached hydrogens (primary N) is 1. The standard InChI is InChI=1S/C24H29N3O7/c1-2-33-23(31)20(14-16-8-10-18(28)11-9-16)26-22(30)19(12-13-21(25)29)27-24(32)34-15-17-6-4-3-5-7-17/h3-11,19-20,28H,2,12-15H2,1H3,(H2,25,29)(H,26,30)(H,27,32)/t19-,20-/m0/s1. The Labute approximate surface area is 197 Å². The summed E-state index contributed by atoms with van der Waals surface area (Å²) < 4.78 is 10.2. The normalized spacial score (nSPS) is 12.1.